The number of aromatic nitrogens is 2. The van der Waals surface area contributed by atoms with Crippen molar-refractivity contribution in [3.63, 3.8) is 0 Å². The van der Waals surface area contributed by atoms with Gasteiger partial charge in [-0.05, 0) is 66.8 Å². The van der Waals surface area contributed by atoms with Crippen LogP contribution in [0.1, 0.15) is 35.6 Å². The van der Waals surface area contributed by atoms with Gasteiger partial charge >= 0.3 is 0 Å². The molecule has 170 valence electrons. The second-order valence-electron chi connectivity index (χ2n) is 8.53. The summed E-state index contributed by atoms with van der Waals surface area (Å²) >= 11 is 0. The van der Waals surface area contributed by atoms with Gasteiger partial charge in [0.2, 0.25) is 0 Å². The van der Waals surface area contributed by atoms with Gasteiger partial charge in [-0.15, -0.1) is 0 Å². The van der Waals surface area contributed by atoms with E-state index in [4.69, 9.17) is 9.57 Å². The number of halogens is 1. The average Bonchev–Trinajstić information content (AvgIpc) is 3.13. The Kier molecular flexibility index (Phi) is 5.86. The maximum absolute atomic E-state index is 13.4. The van der Waals surface area contributed by atoms with Crippen LogP contribution in [0.25, 0.3) is 11.8 Å². The second kappa shape index (κ2) is 9.10. The quantitative estimate of drug-likeness (QED) is 0.570. The molecule has 3 heterocycles. The molecule has 1 unspecified atom stereocenters. The molecule has 0 bridgehead atoms. The lowest BCUT2D eigenvalue weighted by Crippen LogP contribution is -2.39. The summed E-state index contributed by atoms with van der Waals surface area (Å²) in [4.78, 5) is 12.3. The van der Waals surface area contributed by atoms with Gasteiger partial charge in [0, 0.05) is 25.2 Å². The first kappa shape index (κ1) is 21.2. The van der Waals surface area contributed by atoms with E-state index in [1.54, 1.807) is 13.4 Å². The van der Waals surface area contributed by atoms with Crippen LogP contribution in [0.15, 0.2) is 65.7 Å². The molecule has 33 heavy (non-hydrogen) atoms. The lowest BCUT2D eigenvalue weighted by molar-refractivity contribution is 0.135. The monoisotopic (exact) mass is 446 g/mol. The van der Waals surface area contributed by atoms with Crippen molar-refractivity contribution in [2.75, 3.05) is 26.8 Å². The molecule has 3 aromatic rings. The zero-order valence-corrected chi connectivity index (χ0v) is 18.9. The summed E-state index contributed by atoms with van der Waals surface area (Å²) in [6.45, 7) is 4.17. The van der Waals surface area contributed by atoms with E-state index < -0.39 is 0 Å². The highest BCUT2D eigenvalue weighted by molar-refractivity contribution is 6.02. The number of piperidine rings is 1. The number of methoxy groups -OCH3 is 1. The third-order valence-electron chi connectivity index (χ3n) is 6.20. The molecule has 0 amide bonds. The lowest BCUT2D eigenvalue weighted by atomic mass is 9.96. The van der Waals surface area contributed by atoms with Crippen LogP contribution in [-0.4, -0.2) is 47.1 Å². The number of benzene rings is 2. The predicted octanol–water partition coefficient (Wildman–Crippen LogP) is 4.94. The summed E-state index contributed by atoms with van der Waals surface area (Å²) in [5.74, 6) is 1.59. The minimum atomic E-state index is -0.224. The van der Waals surface area contributed by atoms with Gasteiger partial charge in [-0.25, -0.2) is 9.37 Å². The van der Waals surface area contributed by atoms with Crippen LogP contribution < -0.4 is 4.74 Å². The minimum absolute atomic E-state index is 0.143. The Balaban J connectivity index is 1.40. The Morgan fingerprint density at radius 3 is 2.79 bits per heavy atom. The van der Waals surface area contributed by atoms with Crippen LogP contribution >= 0.6 is 0 Å². The van der Waals surface area contributed by atoms with E-state index >= 15 is 0 Å². The van der Waals surface area contributed by atoms with E-state index in [1.807, 2.05) is 42.0 Å². The maximum Gasteiger partial charge on any atom is 0.171 e. The van der Waals surface area contributed by atoms with Gasteiger partial charge in [0.1, 0.15) is 18.2 Å². The Morgan fingerprint density at radius 1 is 1.18 bits per heavy atom. The third kappa shape index (κ3) is 4.49. The number of fused-ring (bicyclic) bond motifs is 1. The van der Waals surface area contributed by atoms with Crippen molar-refractivity contribution in [1.29, 1.82) is 0 Å². The van der Waals surface area contributed by atoms with Crippen molar-refractivity contribution >= 4 is 11.9 Å². The van der Waals surface area contributed by atoms with Crippen molar-refractivity contribution < 1.29 is 14.0 Å². The van der Waals surface area contributed by atoms with Crippen molar-refractivity contribution in [3.8, 4) is 11.4 Å². The van der Waals surface area contributed by atoms with Gasteiger partial charge in [0.05, 0.1) is 24.8 Å². The van der Waals surface area contributed by atoms with Crippen LogP contribution in [0.4, 0.5) is 4.39 Å². The number of hydrogen-bond acceptors (Lipinski definition) is 5. The Morgan fingerprint density at radius 2 is 2.03 bits per heavy atom. The smallest absolute Gasteiger partial charge is 0.171 e. The number of hydrogen-bond donors (Lipinski definition) is 0. The van der Waals surface area contributed by atoms with Crippen molar-refractivity contribution in [2.45, 2.75) is 25.7 Å². The SMILES string of the molecule is COc1cc(C=C2CCCN3CC(c4ccc(F)cc4)CON=C23)ccc1-n1cnc(C)c1. The standard InChI is InChI=1S/C26H27FN4O2/c1-18-14-31(17-28-18)24-10-5-19(13-25(24)32-2)12-21-4-3-11-30-15-22(16-33-29-26(21)30)20-6-8-23(27)9-7-20/h5-10,12-14,17,22H,3-4,11,15-16H2,1-2H3. The van der Waals surface area contributed by atoms with E-state index in [0.29, 0.717) is 6.61 Å². The molecule has 0 spiro atoms. The van der Waals surface area contributed by atoms with Crippen molar-refractivity contribution in [3.05, 3.63) is 83.2 Å². The third-order valence-corrected chi connectivity index (χ3v) is 6.20. The van der Waals surface area contributed by atoms with Gasteiger partial charge in [-0.1, -0.05) is 23.4 Å². The van der Waals surface area contributed by atoms with Crippen LogP contribution in [-0.2, 0) is 4.84 Å². The molecule has 0 radical (unpaired) electrons. The van der Waals surface area contributed by atoms with Crippen molar-refractivity contribution in [1.82, 2.24) is 14.5 Å². The molecule has 0 aliphatic carbocycles. The highest BCUT2D eigenvalue weighted by Gasteiger charge is 2.28. The van der Waals surface area contributed by atoms with E-state index in [0.717, 1.165) is 65.6 Å². The van der Waals surface area contributed by atoms with E-state index in [-0.39, 0.29) is 11.7 Å². The highest BCUT2D eigenvalue weighted by atomic mass is 19.1. The fourth-order valence-electron chi connectivity index (χ4n) is 4.51. The van der Waals surface area contributed by atoms with Gasteiger partial charge in [0.25, 0.3) is 0 Å². The summed E-state index contributed by atoms with van der Waals surface area (Å²) in [5, 5.41) is 4.48. The first-order valence-corrected chi connectivity index (χ1v) is 11.2. The largest absolute Gasteiger partial charge is 0.495 e. The fourth-order valence-corrected chi connectivity index (χ4v) is 4.51. The summed E-state index contributed by atoms with van der Waals surface area (Å²) in [5.41, 5.74) is 5.17. The molecule has 1 fully saturated rings. The molecule has 2 aliphatic rings. The second-order valence-corrected chi connectivity index (χ2v) is 8.53. The molecule has 0 N–H and O–H groups in total. The summed E-state index contributed by atoms with van der Waals surface area (Å²) in [6, 6.07) is 12.9. The highest BCUT2D eigenvalue weighted by Crippen LogP contribution is 2.30. The molecule has 2 aromatic carbocycles. The molecule has 6 nitrogen and oxygen atoms in total. The summed E-state index contributed by atoms with van der Waals surface area (Å²) < 4.78 is 21.0. The molecule has 1 aromatic heterocycles. The maximum atomic E-state index is 13.4. The van der Waals surface area contributed by atoms with Gasteiger partial charge < -0.3 is 19.0 Å². The topological polar surface area (TPSA) is 51.9 Å². The number of ether oxygens (including phenoxy) is 1. The van der Waals surface area contributed by atoms with Crippen LogP contribution in [0.5, 0.6) is 5.75 Å². The number of amidine groups is 1. The Bertz CT molecular complexity index is 1200. The van der Waals surface area contributed by atoms with Gasteiger partial charge in [0.15, 0.2) is 5.84 Å². The molecule has 1 saturated heterocycles. The average molecular weight is 447 g/mol. The Labute approximate surface area is 192 Å². The lowest BCUT2D eigenvalue weighted by Gasteiger charge is -2.31. The van der Waals surface area contributed by atoms with Crippen LogP contribution in [0.2, 0.25) is 0 Å². The molecule has 5 rings (SSSR count). The van der Waals surface area contributed by atoms with Crippen LogP contribution in [0.3, 0.4) is 0 Å². The number of imidazole rings is 1. The summed E-state index contributed by atoms with van der Waals surface area (Å²) in [7, 11) is 1.68. The molecule has 0 saturated carbocycles. The Hall–Kier alpha value is -3.61. The fraction of sp³-hybridized carbons (Fsp3) is 0.308. The number of nitrogens with zero attached hydrogens (tertiary/aromatic N) is 4. The van der Waals surface area contributed by atoms with Gasteiger partial charge in [-0.2, -0.15) is 0 Å². The van der Waals surface area contributed by atoms with Gasteiger partial charge in [-0.3, -0.25) is 0 Å². The van der Waals surface area contributed by atoms with Crippen LogP contribution in [0, 0.1) is 12.7 Å². The first-order chi connectivity index (χ1) is 16.1. The first-order valence-electron chi connectivity index (χ1n) is 11.2. The summed E-state index contributed by atoms with van der Waals surface area (Å²) in [6.07, 6.45) is 7.91. The van der Waals surface area contributed by atoms with E-state index in [2.05, 4.69) is 27.2 Å². The number of aryl methyl sites for hydroxylation is 1. The number of rotatable bonds is 4. The van der Waals surface area contributed by atoms with E-state index in [9.17, 15) is 4.39 Å². The molecule has 1 atom stereocenters. The minimum Gasteiger partial charge on any atom is -0.495 e. The predicted molar refractivity (Wildman–Crippen MR) is 126 cm³/mol. The molecular weight excluding hydrogens is 419 g/mol. The molecular formula is C26H27FN4O2. The number of oxime groups is 1. The molecule has 7 heteroatoms. The van der Waals surface area contributed by atoms with E-state index in [1.165, 1.54) is 12.1 Å². The normalized spacial score (nSPS) is 19.5. The van der Waals surface area contributed by atoms with Crippen molar-refractivity contribution in [2.24, 2.45) is 5.16 Å². The zero-order valence-electron chi connectivity index (χ0n) is 18.9. The molecule has 2 aliphatic heterocycles. The zero-order chi connectivity index (χ0) is 22.8.